The van der Waals surface area contributed by atoms with E-state index in [2.05, 4.69) is 49.0 Å². The van der Waals surface area contributed by atoms with Crippen LogP contribution in [0.4, 0.5) is 0 Å². The second-order valence-electron chi connectivity index (χ2n) is 9.07. The van der Waals surface area contributed by atoms with Gasteiger partial charge in [-0.25, -0.2) is 19.4 Å². The van der Waals surface area contributed by atoms with Gasteiger partial charge < -0.3 is 4.57 Å². The minimum atomic E-state index is -0.0995. The van der Waals surface area contributed by atoms with Crippen LogP contribution in [-0.2, 0) is 19.5 Å². The van der Waals surface area contributed by atoms with Gasteiger partial charge in [0.05, 0.1) is 6.54 Å². The van der Waals surface area contributed by atoms with E-state index >= 15 is 0 Å². The first-order chi connectivity index (χ1) is 18.2. The zero-order chi connectivity index (χ0) is 25.6. The number of unbranched alkanes of at least 4 members (excludes halogenated alkanes) is 2. The number of hydrogen-bond donors (Lipinski definition) is 1. The number of pyridine rings is 1. The van der Waals surface area contributed by atoms with Gasteiger partial charge in [0.15, 0.2) is 5.82 Å². The molecule has 0 aliphatic rings. The van der Waals surface area contributed by atoms with E-state index in [1.165, 1.54) is 0 Å². The van der Waals surface area contributed by atoms with E-state index in [0.717, 1.165) is 66.6 Å². The second kappa shape index (κ2) is 11.2. The van der Waals surface area contributed by atoms with Crippen LogP contribution in [0, 0.1) is 0 Å². The first-order valence-corrected chi connectivity index (χ1v) is 12.8. The fraction of sp³-hybridized carbons (Fsp3) is 0.333. The fourth-order valence-electron chi connectivity index (χ4n) is 4.61. The minimum absolute atomic E-state index is 0.0995. The molecule has 1 N–H and O–H groups in total. The Morgan fingerprint density at radius 1 is 0.973 bits per heavy atom. The van der Waals surface area contributed by atoms with Gasteiger partial charge in [0.2, 0.25) is 5.95 Å². The van der Waals surface area contributed by atoms with Gasteiger partial charge in [-0.3, -0.25) is 9.55 Å². The van der Waals surface area contributed by atoms with Crippen LogP contribution in [0.25, 0.3) is 28.5 Å². The summed E-state index contributed by atoms with van der Waals surface area (Å²) in [6.07, 6.45) is 14.2. The number of nitrogens with zero attached hydrogens (tertiary/aromatic N) is 8. The summed E-state index contributed by atoms with van der Waals surface area (Å²) in [5.74, 6) is 1.24. The van der Waals surface area contributed by atoms with Crippen molar-refractivity contribution in [3.05, 3.63) is 83.1 Å². The van der Waals surface area contributed by atoms with Crippen LogP contribution in [0.1, 0.15) is 50.8 Å². The molecular formula is C27H31N9O. The van der Waals surface area contributed by atoms with Crippen LogP contribution in [0.2, 0.25) is 0 Å². The van der Waals surface area contributed by atoms with Gasteiger partial charge in [-0.2, -0.15) is 0 Å². The lowest BCUT2D eigenvalue weighted by Crippen LogP contribution is -2.26. The summed E-state index contributed by atoms with van der Waals surface area (Å²) in [6, 6.07) is 9.93. The Labute approximate surface area is 215 Å². The number of aromatic nitrogens is 9. The van der Waals surface area contributed by atoms with E-state index in [9.17, 15) is 4.79 Å². The largest absolute Gasteiger partial charge is 0.335 e. The van der Waals surface area contributed by atoms with E-state index in [4.69, 9.17) is 0 Å². The molecule has 0 atom stereocenters. The highest BCUT2D eigenvalue weighted by molar-refractivity contribution is 5.81. The molecule has 0 amide bonds. The normalized spacial score (nSPS) is 11.3. The van der Waals surface area contributed by atoms with Gasteiger partial charge in [-0.1, -0.05) is 51.0 Å². The molecule has 0 spiro atoms. The Morgan fingerprint density at radius 2 is 1.81 bits per heavy atom. The van der Waals surface area contributed by atoms with Gasteiger partial charge in [-0.05, 0) is 52.4 Å². The summed E-state index contributed by atoms with van der Waals surface area (Å²) in [7, 11) is 0. The highest BCUT2D eigenvalue weighted by Gasteiger charge is 2.19. The van der Waals surface area contributed by atoms with Gasteiger partial charge in [0, 0.05) is 48.8 Å². The van der Waals surface area contributed by atoms with Crippen molar-refractivity contribution in [1.82, 2.24) is 44.3 Å². The SMILES string of the molecule is CCCCc1cn(-c2nccn2CCCC)c(=O)n1Cc1cnccc1-c1ccccc1-c1nnn[nH]1. The number of imidazole rings is 2. The molecule has 190 valence electrons. The van der Waals surface area contributed by atoms with Crippen molar-refractivity contribution in [3.8, 4) is 28.5 Å². The highest BCUT2D eigenvalue weighted by Crippen LogP contribution is 2.32. The van der Waals surface area contributed by atoms with E-state index < -0.39 is 0 Å². The van der Waals surface area contributed by atoms with Crippen molar-refractivity contribution in [1.29, 1.82) is 0 Å². The quantitative estimate of drug-likeness (QED) is 0.292. The Hall–Kier alpha value is -4.34. The molecule has 4 aromatic heterocycles. The lowest BCUT2D eigenvalue weighted by Gasteiger charge is -2.14. The van der Waals surface area contributed by atoms with Crippen LogP contribution in [-0.4, -0.2) is 44.3 Å². The van der Waals surface area contributed by atoms with Crippen LogP contribution in [0.15, 0.2) is 66.1 Å². The van der Waals surface area contributed by atoms with E-state index in [1.807, 2.05) is 53.5 Å². The number of rotatable bonds is 11. The Balaban J connectivity index is 1.58. The van der Waals surface area contributed by atoms with Crippen LogP contribution < -0.4 is 5.69 Å². The van der Waals surface area contributed by atoms with Gasteiger partial charge in [0.1, 0.15) is 0 Å². The Morgan fingerprint density at radius 3 is 2.59 bits per heavy atom. The Kier molecular flexibility index (Phi) is 7.34. The molecule has 10 nitrogen and oxygen atoms in total. The van der Waals surface area contributed by atoms with Crippen molar-refractivity contribution in [2.24, 2.45) is 0 Å². The molecular weight excluding hydrogens is 466 g/mol. The van der Waals surface area contributed by atoms with E-state index in [1.54, 1.807) is 17.0 Å². The molecule has 0 aliphatic heterocycles. The minimum Gasteiger partial charge on any atom is -0.317 e. The molecule has 0 aliphatic carbocycles. The molecule has 0 saturated heterocycles. The fourth-order valence-corrected chi connectivity index (χ4v) is 4.61. The third-order valence-electron chi connectivity index (χ3n) is 6.56. The highest BCUT2D eigenvalue weighted by atomic mass is 16.1. The predicted molar refractivity (Wildman–Crippen MR) is 141 cm³/mol. The second-order valence-corrected chi connectivity index (χ2v) is 9.07. The summed E-state index contributed by atoms with van der Waals surface area (Å²) in [5, 5.41) is 14.4. The van der Waals surface area contributed by atoms with Crippen molar-refractivity contribution in [3.63, 3.8) is 0 Å². The maximum absolute atomic E-state index is 13.8. The molecule has 37 heavy (non-hydrogen) atoms. The number of nitrogens with one attached hydrogen (secondary N) is 1. The number of aryl methyl sites for hydroxylation is 2. The number of aromatic amines is 1. The van der Waals surface area contributed by atoms with Crippen LogP contribution in [0.5, 0.6) is 0 Å². The van der Waals surface area contributed by atoms with Gasteiger partial charge in [0.25, 0.3) is 0 Å². The molecule has 0 radical (unpaired) electrons. The molecule has 1 aromatic carbocycles. The standard InChI is InChI=1S/C27H31N9O/c1-3-5-9-21-19-36(26-29-14-16-34(26)15-6-4-2)27(37)35(21)18-20-17-28-13-12-22(20)23-10-7-8-11-24(23)25-30-32-33-31-25/h7-8,10-14,16-17,19H,3-6,9,15,18H2,1-2H3,(H,30,31,32,33). The zero-order valence-electron chi connectivity index (χ0n) is 21.2. The maximum Gasteiger partial charge on any atom is 0.335 e. The molecule has 10 heteroatoms. The molecule has 5 rings (SSSR count). The topological polar surface area (TPSA) is 112 Å². The third kappa shape index (κ3) is 5.00. The number of tetrazole rings is 1. The molecule has 4 heterocycles. The number of benzene rings is 1. The molecule has 0 unspecified atom stereocenters. The van der Waals surface area contributed by atoms with Crippen LogP contribution in [0.3, 0.4) is 0 Å². The zero-order valence-corrected chi connectivity index (χ0v) is 21.2. The molecule has 0 bridgehead atoms. The lowest BCUT2D eigenvalue weighted by atomic mass is 9.96. The summed E-state index contributed by atoms with van der Waals surface area (Å²) >= 11 is 0. The van der Waals surface area contributed by atoms with Gasteiger partial charge in [-0.15, -0.1) is 5.10 Å². The lowest BCUT2D eigenvalue weighted by molar-refractivity contribution is 0.607. The smallest absolute Gasteiger partial charge is 0.317 e. The van der Waals surface area contributed by atoms with Crippen molar-refractivity contribution in [2.45, 2.75) is 59.0 Å². The monoisotopic (exact) mass is 497 g/mol. The van der Waals surface area contributed by atoms with Crippen molar-refractivity contribution < 1.29 is 0 Å². The first-order valence-electron chi connectivity index (χ1n) is 12.8. The molecule has 0 saturated carbocycles. The maximum atomic E-state index is 13.8. The predicted octanol–water partition coefficient (Wildman–Crippen LogP) is 4.27. The average molecular weight is 498 g/mol. The van der Waals surface area contributed by atoms with Crippen LogP contribution >= 0.6 is 0 Å². The average Bonchev–Trinajstić information content (AvgIpc) is 3.69. The molecule has 0 fully saturated rings. The van der Waals surface area contributed by atoms with Crippen molar-refractivity contribution >= 4 is 0 Å². The molecule has 5 aromatic rings. The Bertz CT molecular complexity index is 1510. The number of H-pyrrole nitrogens is 1. The van der Waals surface area contributed by atoms with E-state index in [-0.39, 0.29) is 5.69 Å². The third-order valence-corrected chi connectivity index (χ3v) is 6.56. The number of hydrogen-bond acceptors (Lipinski definition) is 6. The summed E-state index contributed by atoms with van der Waals surface area (Å²) in [6.45, 7) is 5.54. The van der Waals surface area contributed by atoms with E-state index in [0.29, 0.717) is 18.3 Å². The summed E-state index contributed by atoms with van der Waals surface area (Å²) in [4.78, 5) is 22.7. The summed E-state index contributed by atoms with van der Waals surface area (Å²) in [5.41, 5.74) is 4.66. The summed E-state index contributed by atoms with van der Waals surface area (Å²) < 4.78 is 5.59. The first kappa shape index (κ1) is 24.4. The van der Waals surface area contributed by atoms with Crippen molar-refractivity contribution in [2.75, 3.05) is 0 Å². The van der Waals surface area contributed by atoms with Gasteiger partial charge >= 0.3 is 5.69 Å².